The summed E-state index contributed by atoms with van der Waals surface area (Å²) < 4.78 is 5.15. The molecule has 1 atom stereocenters. The van der Waals surface area contributed by atoms with Gasteiger partial charge in [-0.15, -0.1) is 0 Å². The van der Waals surface area contributed by atoms with Gasteiger partial charge in [0.2, 0.25) is 11.8 Å². The van der Waals surface area contributed by atoms with E-state index in [-0.39, 0.29) is 30.3 Å². The number of nitrogens with one attached hydrogen (secondary N) is 2. The van der Waals surface area contributed by atoms with Gasteiger partial charge in [-0.25, -0.2) is 0 Å². The van der Waals surface area contributed by atoms with Crippen molar-refractivity contribution < 1.29 is 24.0 Å². The maximum absolute atomic E-state index is 12.3. The number of rotatable bonds is 7. The first-order valence-electron chi connectivity index (χ1n) is 9.20. The van der Waals surface area contributed by atoms with Crippen LogP contribution in [0.1, 0.15) is 12.0 Å². The Labute approximate surface area is 171 Å². The average Bonchev–Trinajstić information content (AvgIpc) is 3.11. The van der Waals surface area contributed by atoms with Crippen molar-refractivity contribution in [3.8, 4) is 5.75 Å². The Morgan fingerprint density at radius 3 is 2.53 bits per heavy atom. The molecule has 1 heterocycles. The maximum Gasteiger partial charge on any atom is 0.310 e. The molecule has 2 aromatic carbocycles. The molecule has 1 fully saturated rings. The second kappa shape index (κ2) is 9.50. The molecule has 30 heavy (non-hydrogen) atoms. The third-order valence-electron chi connectivity index (χ3n) is 4.55. The molecule has 1 aliphatic rings. The number of ether oxygens (including phenoxy) is 1. The fourth-order valence-electron chi connectivity index (χ4n) is 3.05. The summed E-state index contributed by atoms with van der Waals surface area (Å²) in [6.45, 7) is 0.149. The third-order valence-corrected chi connectivity index (χ3v) is 4.55. The molecular weight excluding hydrogens is 392 g/mol. The number of hydrogen-bond donors (Lipinski definition) is 2. The highest BCUT2D eigenvalue weighted by atomic mass is 16.6. The van der Waals surface area contributed by atoms with E-state index in [1.807, 2.05) is 30.3 Å². The topological polar surface area (TPSA) is 131 Å². The maximum atomic E-state index is 12.3. The zero-order valence-corrected chi connectivity index (χ0v) is 15.9. The molecule has 0 aromatic heterocycles. The van der Waals surface area contributed by atoms with E-state index in [0.29, 0.717) is 6.54 Å². The van der Waals surface area contributed by atoms with Gasteiger partial charge in [0, 0.05) is 25.6 Å². The highest BCUT2D eigenvalue weighted by Gasteiger charge is 2.34. The van der Waals surface area contributed by atoms with Gasteiger partial charge in [0.25, 0.3) is 5.91 Å². The number of carbonyl (C=O) groups is 3. The van der Waals surface area contributed by atoms with Crippen LogP contribution in [0.15, 0.2) is 54.6 Å². The van der Waals surface area contributed by atoms with Gasteiger partial charge in [-0.1, -0.05) is 42.5 Å². The Kier molecular flexibility index (Phi) is 6.58. The van der Waals surface area contributed by atoms with Crippen LogP contribution in [0, 0.1) is 16.0 Å². The number of para-hydroxylation sites is 2. The van der Waals surface area contributed by atoms with Crippen LogP contribution in [-0.4, -0.2) is 40.7 Å². The Bertz CT molecular complexity index is 949. The van der Waals surface area contributed by atoms with Crippen LogP contribution < -0.4 is 15.6 Å². The first-order valence-corrected chi connectivity index (χ1v) is 9.20. The lowest BCUT2D eigenvalue weighted by Crippen LogP contribution is -2.46. The standard InChI is InChI=1S/C20H20N4O6/c25-18(13-30-17-9-5-4-8-16(17)24(28)29)21-22-20(27)15-10-19(26)23(12-15)11-14-6-2-1-3-7-14/h1-9,15H,10-13H2,(H,21,25)(H,22,27). The number of nitrogens with zero attached hydrogens (tertiary/aromatic N) is 2. The molecule has 0 radical (unpaired) electrons. The molecule has 3 amide bonds. The van der Waals surface area contributed by atoms with Gasteiger partial charge in [-0.3, -0.25) is 35.3 Å². The minimum Gasteiger partial charge on any atom is -0.477 e. The molecule has 0 saturated carbocycles. The lowest BCUT2D eigenvalue weighted by Gasteiger charge is -2.16. The van der Waals surface area contributed by atoms with Crippen molar-refractivity contribution in [2.24, 2.45) is 5.92 Å². The SMILES string of the molecule is O=C(COc1ccccc1[N+](=O)[O-])NNC(=O)C1CC(=O)N(Cc2ccccc2)C1. The molecule has 0 bridgehead atoms. The molecular formula is C20H20N4O6. The number of carbonyl (C=O) groups excluding carboxylic acids is 3. The average molecular weight is 412 g/mol. The number of hydrogen-bond acceptors (Lipinski definition) is 6. The van der Waals surface area contributed by atoms with Crippen molar-refractivity contribution >= 4 is 23.4 Å². The van der Waals surface area contributed by atoms with E-state index in [9.17, 15) is 24.5 Å². The predicted molar refractivity (Wildman–Crippen MR) is 105 cm³/mol. The molecule has 156 valence electrons. The van der Waals surface area contributed by atoms with Gasteiger partial charge in [-0.2, -0.15) is 0 Å². The molecule has 2 N–H and O–H groups in total. The number of nitro groups is 1. The molecule has 1 aliphatic heterocycles. The largest absolute Gasteiger partial charge is 0.477 e. The Balaban J connectivity index is 1.45. The number of hydrazine groups is 1. The summed E-state index contributed by atoms with van der Waals surface area (Å²) in [4.78, 5) is 48.2. The van der Waals surface area contributed by atoms with E-state index in [2.05, 4.69) is 10.9 Å². The third kappa shape index (κ3) is 5.31. The summed E-state index contributed by atoms with van der Waals surface area (Å²) in [7, 11) is 0. The van der Waals surface area contributed by atoms with E-state index in [4.69, 9.17) is 4.74 Å². The monoisotopic (exact) mass is 412 g/mol. The Morgan fingerprint density at radius 1 is 1.10 bits per heavy atom. The van der Waals surface area contributed by atoms with Crippen LogP contribution in [0.4, 0.5) is 5.69 Å². The van der Waals surface area contributed by atoms with Crippen molar-refractivity contribution in [1.82, 2.24) is 15.8 Å². The van der Waals surface area contributed by atoms with Crippen LogP contribution in [-0.2, 0) is 20.9 Å². The molecule has 1 unspecified atom stereocenters. The highest BCUT2D eigenvalue weighted by molar-refractivity contribution is 5.90. The van der Waals surface area contributed by atoms with Crippen LogP contribution in [0.5, 0.6) is 5.75 Å². The van der Waals surface area contributed by atoms with E-state index < -0.39 is 29.3 Å². The zero-order chi connectivity index (χ0) is 21.5. The van der Waals surface area contributed by atoms with E-state index in [0.717, 1.165) is 5.56 Å². The van der Waals surface area contributed by atoms with E-state index in [1.54, 1.807) is 11.0 Å². The van der Waals surface area contributed by atoms with Crippen LogP contribution in [0.3, 0.4) is 0 Å². The lowest BCUT2D eigenvalue weighted by atomic mass is 10.1. The molecule has 0 aliphatic carbocycles. The van der Waals surface area contributed by atoms with Crippen molar-refractivity contribution in [1.29, 1.82) is 0 Å². The summed E-state index contributed by atoms with van der Waals surface area (Å²) in [6, 6.07) is 15.1. The van der Waals surface area contributed by atoms with Gasteiger partial charge in [0.1, 0.15) is 0 Å². The quantitative estimate of drug-likeness (QED) is 0.518. The second-order valence-corrected chi connectivity index (χ2v) is 6.71. The molecule has 0 spiro atoms. The number of amides is 3. The lowest BCUT2D eigenvalue weighted by molar-refractivity contribution is -0.385. The van der Waals surface area contributed by atoms with Crippen molar-refractivity contribution in [3.63, 3.8) is 0 Å². The van der Waals surface area contributed by atoms with E-state index >= 15 is 0 Å². The summed E-state index contributed by atoms with van der Waals surface area (Å²) in [5, 5.41) is 10.9. The number of benzene rings is 2. The summed E-state index contributed by atoms with van der Waals surface area (Å²) in [5.74, 6) is -1.95. The fourth-order valence-corrected chi connectivity index (χ4v) is 3.05. The number of likely N-dealkylation sites (tertiary alicyclic amines) is 1. The molecule has 1 saturated heterocycles. The molecule has 3 rings (SSSR count). The van der Waals surface area contributed by atoms with Gasteiger partial charge >= 0.3 is 5.69 Å². The van der Waals surface area contributed by atoms with Crippen molar-refractivity contribution in [2.45, 2.75) is 13.0 Å². The smallest absolute Gasteiger partial charge is 0.310 e. The molecule has 10 nitrogen and oxygen atoms in total. The summed E-state index contributed by atoms with van der Waals surface area (Å²) in [5.41, 5.74) is 5.17. The van der Waals surface area contributed by atoms with Gasteiger partial charge in [-0.05, 0) is 11.6 Å². The van der Waals surface area contributed by atoms with Crippen LogP contribution in [0.25, 0.3) is 0 Å². The first-order chi connectivity index (χ1) is 14.4. The van der Waals surface area contributed by atoms with Crippen LogP contribution >= 0.6 is 0 Å². The highest BCUT2D eigenvalue weighted by Crippen LogP contribution is 2.25. The minimum absolute atomic E-state index is 0.0538. The van der Waals surface area contributed by atoms with E-state index in [1.165, 1.54) is 18.2 Å². The normalized spacial score (nSPS) is 15.5. The minimum atomic E-state index is -0.688. The Hall–Kier alpha value is -3.95. The Morgan fingerprint density at radius 2 is 1.80 bits per heavy atom. The van der Waals surface area contributed by atoms with Gasteiger partial charge in [0.15, 0.2) is 12.4 Å². The van der Waals surface area contributed by atoms with Crippen LogP contribution in [0.2, 0.25) is 0 Å². The summed E-state index contributed by atoms with van der Waals surface area (Å²) in [6.07, 6.45) is 0.0568. The number of nitro benzene ring substituents is 1. The van der Waals surface area contributed by atoms with Gasteiger partial charge in [0.05, 0.1) is 10.8 Å². The predicted octanol–water partition coefficient (Wildman–Crippen LogP) is 1.17. The second-order valence-electron chi connectivity index (χ2n) is 6.71. The molecule has 10 heteroatoms. The summed E-state index contributed by atoms with van der Waals surface area (Å²) >= 11 is 0. The van der Waals surface area contributed by atoms with Gasteiger partial charge < -0.3 is 9.64 Å². The zero-order valence-electron chi connectivity index (χ0n) is 15.9. The van der Waals surface area contributed by atoms with Crippen molar-refractivity contribution in [3.05, 3.63) is 70.3 Å². The van der Waals surface area contributed by atoms with Crippen molar-refractivity contribution in [2.75, 3.05) is 13.2 Å². The molecule has 2 aromatic rings. The first kappa shape index (κ1) is 20.8. The fraction of sp³-hybridized carbons (Fsp3) is 0.250.